The van der Waals surface area contributed by atoms with E-state index in [9.17, 15) is 9.59 Å². The molecule has 28 heavy (non-hydrogen) atoms. The maximum atomic E-state index is 11.4. The van der Waals surface area contributed by atoms with Crippen LogP contribution in [0.1, 0.15) is 45.7 Å². The molecule has 0 aromatic heterocycles. The van der Waals surface area contributed by atoms with Gasteiger partial charge in [0.1, 0.15) is 0 Å². The first-order chi connectivity index (χ1) is 13.5. The third-order valence-electron chi connectivity index (χ3n) is 4.17. The number of carbonyl (C=O) groups is 2. The van der Waals surface area contributed by atoms with Crippen LogP contribution in [0.3, 0.4) is 0 Å². The molecule has 0 aliphatic heterocycles. The molecule has 0 heterocycles. The summed E-state index contributed by atoms with van der Waals surface area (Å²) in [6.45, 7) is 3.08. The Morgan fingerprint density at radius 3 is 1.39 bits per heavy atom. The summed E-state index contributed by atoms with van der Waals surface area (Å²) in [5.74, 6) is 0.0454. The highest BCUT2D eigenvalue weighted by atomic mass is 16.1. The summed E-state index contributed by atoms with van der Waals surface area (Å²) >= 11 is 0. The second kappa shape index (κ2) is 8.82. The van der Waals surface area contributed by atoms with Crippen molar-refractivity contribution in [3.8, 4) is 0 Å². The average molecular weight is 368 g/mol. The molecule has 0 atom stereocenters. The SMILES string of the molecule is CC(=O)c1cccc(N=Cc2ccc(C=Nc3cccc(C(C)=O)c3)cc2)c1. The highest BCUT2D eigenvalue weighted by Gasteiger charge is 2.00. The molecule has 3 aromatic rings. The van der Waals surface area contributed by atoms with Gasteiger partial charge in [-0.1, -0.05) is 48.5 Å². The molecular weight excluding hydrogens is 348 g/mol. The molecule has 0 saturated carbocycles. The maximum Gasteiger partial charge on any atom is 0.159 e. The van der Waals surface area contributed by atoms with Crippen molar-refractivity contribution in [2.45, 2.75) is 13.8 Å². The molecule has 0 saturated heterocycles. The van der Waals surface area contributed by atoms with Gasteiger partial charge in [-0.05, 0) is 49.2 Å². The predicted octanol–water partition coefficient (Wildman–Crippen LogP) is 5.59. The van der Waals surface area contributed by atoms with E-state index in [-0.39, 0.29) is 11.6 Å². The van der Waals surface area contributed by atoms with E-state index in [0.717, 1.165) is 22.5 Å². The summed E-state index contributed by atoms with van der Waals surface area (Å²) in [5.41, 5.74) is 4.67. The lowest BCUT2D eigenvalue weighted by Gasteiger charge is -1.99. The van der Waals surface area contributed by atoms with Crippen LogP contribution in [0.5, 0.6) is 0 Å². The third kappa shape index (κ3) is 5.17. The molecule has 0 amide bonds. The van der Waals surface area contributed by atoms with Gasteiger partial charge >= 0.3 is 0 Å². The van der Waals surface area contributed by atoms with Crippen molar-refractivity contribution in [2.75, 3.05) is 0 Å². The molecule has 0 unspecified atom stereocenters. The molecular formula is C24H20N2O2. The van der Waals surface area contributed by atoms with Gasteiger partial charge < -0.3 is 0 Å². The fourth-order valence-corrected chi connectivity index (χ4v) is 2.58. The molecule has 0 aliphatic rings. The van der Waals surface area contributed by atoms with Crippen molar-refractivity contribution in [3.63, 3.8) is 0 Å². The molecule has 0 bridgehead atoms. The van der Waals surface area contributed by atoms with E-state index in [1.54, 1.807) is 50.5 Å². The lowest BCUT2D eigenvalue weighted by molar-refractivity contribution is 0.100. The normalized spacial score (nSPS) is 11.2. The van der Waals surface area contributed by atoms with Gasteiger partial charge in [0.05, 0.1) is 11.4 Å². The monoisotopic (exact) mass is 368 g/mol. The quantitative estimate of drug-likeness (QED) is 0.420. The number of ketones is 2. The first kappa shape index (κ1) is 19.1. The Bertz CT molecular complexity index is 977. The van der Waals surface area contributed by atoms with Crippen LogP contribution in [0.2, 0.25) is 0 Å². The zero-order chi connectivity index (χ0) is 19.9. The lowest BCUT2D eigenvalue weighted by Crippen LogP contribution is -1.90. The van der Waals surface area contributed by atoms with Gasteiger partial charge in [0.25, 0.3) is 0 Å². The lowest BCUT2D eigenvalue weighted by atomic mass is 10.1. The van der Waals surface area contributed by atoms with Gasteiger partial charge in [-0.25, -0.2) is 0 Å². The Kier molecular flexibility index (Phi) is 6.02. The van der Waals surface area contributed by atoms with E-state index in [1.165, 1.54) is 0 Å². The Labute approximate surface area is 164 Å². The summed E-state index contributed by atoms with van der Waals surface area (Å²) in [7, 11) is 0. The van der Waals surface area contributed by atoms with Crippen molar-refractivity contribution >= 4 is 35.4 Å². The highest BCUT2D eigenvalue weighted by molar-refractivity contribution is 5.96. The molecule has 0 fully saturated rings. The number of hydrogen-bond acceptors (Lipinski definition) is 4. The van der Waals surface area contributed by atoms with E-state index in [1.807, 2.05) is 48.5 Å². The second-order valence-corrected chi connectivity index (χ2v) is 6.40. The van der Waals surface area contributed by atoms with Gasteiger partial charge in [0.15, 0.2) is 11.6 Å². The fourth-order valence-electron chi connectivity index (χ4n) is 2.58. The molecule has 0 spiro atoms. The molecule has 3 aromatic carbocycles. The van der Waals surface area contributed by atoms with Crippen molar-refractivity contribution < 1.29 is 9.59 Å². The minimum absolute atomic E-state index is 0.0227. The first-order valence-electron chi connectivity index (χ1n) is 8.91. The zero-order valence-corrected chi connectivity index (χ0v) is 15.8. The second-order valence-electron chi connectivity index (χ2n) is 6.40. The predicted molar refractivity (Wildman–Crippen MR) is 114 cm³/mol. The largest absolute Gasteiger partial charge is 0.295 e. The molecule has 0 N–H and O–H groups in total. The zero-order valence-electron chi connectivity index (χ0n) is 15.8. The van der Waals surface area contributed by atoms with E-state index >= 15 is 0 Å². The van der Waals surface area contributed by atoms with Crippen LogP contribution in [0.25, 0.3) is 0 Å². The van der Waals surface area contributed by atoms with Crippen molar-refractivity contribution in [3.05, 3.63) is 95.1 Å². The number of carbonyl (C=O) groups excluding carboxylic acids is 2. The summed E-state index contributed by atoms with van der Waals surface area (Å²) in [6.07, 6.45) is 3.52. The first-order valence-corrected chi connectivity index (χ1v) is 8.91. The highest BCUT2D eigenvalue weighted by Crippen LogP contribution is 2.16. The summed E-state index contributed by atoms with van der Waals surface area (Å²) in [5, 5.41) is 0. The van der Waals surface area contributed by atoms with Crippen LogP contribution in [0.4, 0.5) is 11.4 Å². The van der Waals surface area contributed by atoms with Gasteiger partial charge in [0, 0.05) is 23.6 Å². The topological polar surface area (TPSA) is 58.9 Å². The Morgan fingerprint density at radius 2 is 1.04 bits per heavy atom. The Hall–Kier alpha value is -3.66. The van der Waals surface area contributed by atoms with Gasteiger partial charge in [-0.2, -0.15) is 0 Å². The van der Waals surface area contributed by atoms with Crippen LogP contribution >= 0.6 is 0 Å². The minimum atomic E-state index is 0.0227. The average Bonchev–Trinajstić information content (AvgIpc) is 2.72. The Balaban J connectivity index is 1.70. The molecule has 0 aliphatic carbocycles. The standard InChI is InChI=1S/C24H20N2O2/c1-17(27)21-5-3-7-23(13-21)25-15-19-9-11-20(12-10-19)16-26-24-8-4-6-22(14-24)18(2)28/h3-16H,1-2H3. The van der Waals surface area contributed by atoms with Crippen LogP contribution in [-0.2, 0) is 0 Å². The van der Waals surface area contributed by atoms with Crippen LogP contribution < -0.4 is 0 Å². The van der Waals surface area contributed by atoms with E-state index in [0.29, 0.717) is 11.1 Å². The number of Topliss-reactive ketones (excluding diaryl/α,β-unsaturated/α-hetero) is 2. The molecule has 4 heteroatoms. The molecule has 4 nitrogen and oxygen atoms in total. The maximum absolute atomic E-state index is 11.4. The van der Waals surface area contributed by atoms with Crippen LogP contribution in [0.15, 0.2) is 82.8 Å². The van der Waals surface area contributed by atoms with Gasteiger partial charge in [-0.3, -0.25) is 19.6 Å². The van der Waals surface area contributed by atoms with Crippen molar-refractivity contribution in [1.82, 2.24) is 0 Å². The number of rotatable bonds is 6. The number of benzene rings is 3. The molecule has 3 rings (SSSR count). The molecule has 138 valence electrons. The summed E-state index contributed by atoms with van der Waals surface area (Å²) < 4.78 is 0. The van der Waals surface area contributed by atoms with Gasteiger partial charge in [-0.15, -0.1) is 0 Å². The van der Waals surface area contributed by atoms with Crippen molar-refractivity contribution in [2.24, 2.45) is 9.98 Å². The third-order valence-corrected chi connectivity index (χ3v) is 4.17. The Morgan fingerprint density at radius 1 is 0.643 bits per heavy atom. The summed E-state index contributed by atoms with van der Waals surface area (Å²) in [4.78, 5) is 31.7. The van der Waals surface area contributed by atoms with E-state index in [2.05, 4.69) is 9.98 Å². The van der Waals surface area contributed by atoms with Gasteiger partial charge in [0.2, 0.25) is 0 Å². The van der Waals surface area contributed by atoms with E-state index < -0.39 is 0 Å². The number of hydrogen-bond donors (Lipinski definition) is 0. The number of aliphatic imine (C=N–C) groups is 2. The van der Waals surface area contributed by atoms with Crippen LogP contribution in [-0.4, -0.2) is 24.0 Å². The summed E-state index contributed by atoms with van der Waals surface area (Å²) in [6, 6.07) is 22.3. The molecule has 0 radical (unpaired) electrons. The fraction of sp³-hybridized carbons (Fsp3) is 0.0833. The number of nitrogens with zero attached hydrogens (tertiary/aromatic N) is 2. The van der Waals surface area contributed by atoms with Crippen molar-refractivity contribution in [1.29, 1.82) is 0 Å². The van der Waals surface area contributed by atoms with Crippen LogP contribution in [0, 0.1) is 0 Å². The smallest absolute Gasteiger partial charge is 0.159 e. The van der Waals surface area contributed by atoms with E-state index in [4.69, 9.17) is 0 Å². The minimum Gasteiger partial charge on any atom is -0.295 e.